The van der Waals surface area contributed by atoms with E-state index in [0.717, 1.165) is 0 Å². The summed E-state index contributed by atoms with van der Waals surface area (Å²) >= 11 is 0. The van der Waals surface area contributed by atoms with Crippen LogP contribution in [-0.4, -0.2) is 53.2 Å². The van der Waals surface area contributed by atoms with E-state index in [2.05, 4.69) is 0 Å². The van der Waals surface area contributed by atoms with Crippen molar-refractivity contribution >= 4 is 11.9 Å². The highest BCUT2D eigenvalue weighted by Gasteiger charge is 2.30. The fraction of sp³-hybridized carbons (Fsp3) is 0.800. The molecule has 0 saturated carbocycles. The van der Waals surface area contributed by atoms with E-state index in [-0.39, 0.29) is 25.5 Å². The largest absolute Gasteiger partial charge is 0.479 e. The normalized spacial score (nSPS) is 21.9. The number of aliphatic carboxylic acids is 1. The summed E-state index contributed by atoms with van der Waals surface area (Å²) in [5.41, 5.74) is 5.17. The van der Waals surface area contributed by atoms with Crippen LogP contribution in [0.4, 0.5) is 0 Å². The molecule has 1 aliphatic heterocycles. The van der Waals surface area contributed by atoms with E-state index in [1.54, 1.807) is 13.8 Å². The number of carboxylic acid groups (broad SMARTS) is 1. The molecular weight excluding hydrogens is 212 g/mol. The van der Waals surface area contributed by atoms with Crippen molar-refractivity contribution in [2.45, 2.75) is 31.9 Å². The van der Waals surface area contributed by atoms with Crippen molar-refractivity contribution in [2.75, 3.05) is 19.7 Å². The highest BCUT2D eigenvalue weighted by molar-refractivity contribution is 5.79. The van der Waals surface area contributed by atoms with E-state index < -0.39 is 17.6 Å². The Hall–Kier alpha value is -1.14. The molecule has 6 heteroatoms. The first kappa shape index (κ1) is 12.9. The van der Waals surface area contributed by atoms with Crippen LogP contribution >= 0.6 is 0 Å². The lowest BCUT2D eigenvalue weighted by atomic mass is 10.0. The number of carboxylic acids is 1. The van der Waals surface area contributed by atoms with Gasteiger partial charge < -0.3 is 20.5 Å². The molecule has 1 aliphatic rings. The average Bonchev–Trinajstić information content (AvgIpc) is 2.15. The molecule has 16 heavy (non-hydrogen) atoms. The van der Waals surface area contributed by atoms with Crippen molar-refractivity contribution in [3.05, 3.63) is 0 Å². The second kappa shape index (κ2) is 4.80. The first-order valence-corrected chi connectivity index (χ1v) is 5.21. The van der Waals surface area contributed by atoms with Crippen molar-refractivity contribution in [1.29, 1.82) is 0 Å². The zero-order valence-corrected chi connectivity index (χ0v) is 9.60. The number of nitrogens with zero attached hydrogens (tertiary/aromatic N) is 1. The SMILES string of the molecule is CC(C)(N)CC(=O)N1CCOC(C(=O)O)C1. The Kier molecular flexibility index (Phi) is 3.88. The smallest absolute Gasteiger partial charge is 0.334 e. The van der Waals surface area contributed by atoms with Crippen molar-refractivity contribution in [3.63, 3.8) is 0 Å². The number of carbonyl (C=O) groups is 2. The number of nitrogens with two attached hydrogens (primary N) is 1. The standard InChI is InChI=1S/C10H18N2O4/c1-10(2,11)5-8(13)12-3-4-16-7(6-12)9(14)15/h7H,3-6,11H2,1-2H3,(H,14,15). The Morgan fingerprint density at radius 1 is 1.56 bits per heavy atom. The number of hydrogen-bond donors (Lipinski definition) is 2. The Labute approximate surface area is 94.3 Å². The third-order valence-corrected chi connectivity index (χ3v) is 2.30. The highest BCUT2D eigenvalue weighted by Crippen LogP contribution is 2.11. The maximum absolute atomic E-state index is 11.8. The third-order valence-electron chi connectivity index (χ3n) is 2.30. The summed E-state index contributed by atoms with van der Waals surface area (Å²) in [4.78, 5) is 24.0. The molecule has 1 rings (SSSR count). The van der Waals surface area contributed by atoms with Gasteiger partial charge in [-0.1, -0.05) is 0 Å². The summed E-state index contributed by atoms with van der Waals surface area (Å²) in [6.45, 7) is 4.32. The first-order chi connectivity index (χ1) is 7.29. The third kappa shape index (κ3) is 3.79. The second-order valence-electron chi connectivity index (χ2n) is 4.70. The van der Waals surface area contributed by atoms with E-state index in [0.29, 0.717) is 6.54 Å². The Balaban J connectivity index is 2.54. The van der Waals surface area contributed by atoms with Gasteiger partial charge in [0.05, 0.1) is 13.2 Å². The zero-order chi connectivity index (χ0) is 12.3. The van der Waals surface area contributed by atoms with Gasteiger partial charge in [0.1, 0.15) is 0 Å². The maximum atomic E-state index is 11.8. The van der Waals surface area contributed by atoms with Crippen molar-refractivity contribution in [1.82, 2.24) is 4.90 Å². The van der Waals surface area contributed by atoms with Crippen molar-refractivity contribution in [3.8, 4) is 0 Å². The number of carbonyl (C=O) groups excluding carboxylic acids is 1. The fourth-order valence-corrected chi connectivity index (χ4v) is 1.53. The summed E-state index contributed by atoms with van der Waals surface area (Å²) in [6, 6.07) is 0. The molecule has 0 aromatic rings. The number of amides is 1. The van der Waals surface area contributed by atoms with Crippen LogP contribution in [0.2, 0.25) is 0 Å². The number of morpholine rings is 1. The number of ether oxygens (including phenoxy) is 1. The molecule has 0 spiro atoms. The van der Waals surface area contributed by atoms with Gasteiger partial charge >= 0.3 is 5.97 Å². The molecule has 0 radical (unpaired) electrons. The highest BCUT2D eigenvalue weighted by atomic mass is 16.5. The van der Waals surface area contributed by atoms with Gasteiger partial charge in [0.2, 0.25) is 5.91 Å². The van der Waals surface area contributed by atoms with E-state index in [4.69, 9.17) is 15.6 Å². The van der Waals surface area contributed by atoms with E-state index in [1.807, 2.05) is 0 Å². The number of rotatable bonds is 3. The second-order valence-corrected chi connectivity index (χ2v) is 4.70. The molecule has 1 saturated heterocycles. The minimum atomic E-state index is -1.04. The van der Waals surface area contributed by atoms with Gasteiger partial charge in [-0.05, 0) is 13.8 Å². The minimum absolute atomic E-state index is 0.101. The first-order valence-electron chi connectivity index (χ1n) is 5.21. The van der Waals surface area contributed by atoms with Gasteiger partial charge in [-0.15, -0.1) is 0 Å². The van der Waals surface area contributed by atoms with Crippen LogP contribution in [0.1, 0.15) is 20.3 Å². The van der Waals surface area contributed by atoms with Gasteiger partial charge in [0.25, 0.3) is 0 Å². The molecule has 0 aromatic carbocycles. The zero-order valence-electron chi connectivity index (χ0n) is 9.60. The van der Waals surface area contributed by atoms with Gasteiger partial charge in [-0.25, -0.2) is 4.79 Å². The average molecular weight is 230 g/mol. The lowest BCUT2D eigenvalue weighted by Crippen LogP contribution is -2.50. The summed E-state index contributed by atoms with van der Waals surface area (Å²) < 4.78 is 5.03. The molecule has 1 atom stereocenters. The van der Waals surface area contributed by atoms with Crippen molar-refractivity contribution in [2.24, 2.45) is 5.73 Å². The lowest BCUT2D eigenvalue weighted by Gasteiger charge is -2.32. The molecule has 1 amide bonds. The lowest BCUT2D eigenvalue weighted by molar-refractivity contribution is -0.159. The van der Waals surface area contributed by atoms with E-state index >= 15 is 0 Å². The van der Waals surface area contributed by atoms with Gasteiger partial charge in [-0.3, -0.25) is 4.79 Å². The molecule has 92 valence electrons. The quantitative estimate of drug-likeness (QED) is 0.677. The van der Waals surface area contributed by atoms with Gasteiger partial charge in [-0.2, -0.15) is 0 Å². The summed E-state index contributed by atoms with van der Waals surface area (Å²) in [5.74, 6) is -1.16. The van der Waals surface area contributed by atoms with E-state index in [1.165, 1.54) is 4.90 Å². The van der Waals surface area contributed by atoms with Gasteiger partial charge in [0.15, 0.2) is 6.10 Å². The minimum Gasteiger partial charge on any atom is -0.479 e. The van der Waals surface area contributed by atoms with Crippen LogP contribution in [0.25, 0.3) is 0 Å². The predicted octanol–water partition coefficient (Wildman–Crippen LogP) is -0.574. The Bertz CT molecular complexity index is 285. The molecule has 1 heterocycles. The molecule has 6 nitrogen and oxygen atoms in total. The Morgan fingerprint density at radius 3 is 2.69 bits per heavy atom. The van der Waals surface area contributed by atoms with Crippen LogP contribution in [0, 0.1) is 0 Å². The van der Waals surface area contributed by atoms with Gasteiger partial charge in [0, 0.05) is 18.5 Å². The van der Waals surface area contributed by atoms with E-state index in [9.17, 15) is 9.59 Å². The summed E-state index contributed by atoms with van der Waals surface area (Å²) in [6.07, 6.45) is -0.710. The van der Waals surface area contributed by atoms with Crippen LogP contribution in [-0.2, 0) is 14.3 Å². The molecular formula is C10H18N2O4. The van der Waals surface area contributed by atoms with Crippen LogP contribution in [0.3, 0.4) is 0 Å². The Morgan fingerprint density at radius 2 is 2.19 bits per heavy atom. The van der Waals surface area contributed by atoms with Crippen molar-refractivity contribution < 1.29 is 19.4 Å². The monoisotopic (exact) mass is 230 g/mol. The fourth-order valence-electron chi connectivity index (χ4n) is 1.53. The van der Waals surface area contributed by atoms with Crippen LogP contribution in [0.5, 0.6) is 0 Å². The molecule has 3 N–H and O–H groups in total. The maximum Gasteiger partial charge on any atom is 0.334 e. The molecule has 0 bridgehead atoms. The summed E-state index contributed by atoms with van der Waals surface area (Å²) in [7, 11) is 0. The van der Waals surface area contributed by atoms with Crippen LogP contribution < -0.4 is 5.73 Å². The molecule has 1 unspecified atom stereocenters. The molecule has 1 fully saturated rings. The molecule has 0 aliphatic carbocycles. The number of hydrogen-bond acceptors (Lipinski definition) is 4. The molecule has 0 aromatic heterocycles. The van der Waals surface area contributed by atoms with Crippen LogP contribution in [0.15, 0.2) is 0 Å². The topological polar surface area (TPSA) is 92.9 Å². The predicted molar refractivity (Wildman–Crippen MR) is 56.8 cm³/mol. The summed E-state index contributed by atoms with van der Waals surface area (Å²) in [5, 5.41) is 8.78.